The third kappa shape index (κ3) is 3.97. The van der Waals surface area contributed by atoms with Gasteiger partial charge < -0.3 is 18.9 Å². The standard InChI is InChI=1S/C24H22N2O5S/c1-13(27)17-8-7-16(28-3)11-20(17)31-23-22-18(12-32-24(22)26-14(2)25-23)15-6-9-19(29-4)21(10-15)30-5/h6-12H,1-5H3. The zero-order valence-corrected chi connectivity index (χ0v) is 19.2. The van der Waals surface area contributed by atoms with E-state index in [4.69, 9.17) is 18.9 Å². The summed E-state index contributed by atoms with van der Waals surface area (Å²) >= 11 is 1.49. The second kappa shape index (κ2) is 8.84. The van der Waals surface area contributed by atoms with Gasteiger partial charge in [0.05, 0.1) is 32.3 Å². The summed E-state index contributed by atoms with van der Waals surface area (Å²) < 4.78 is 22.4. The lowest BCUT2D eigenvalue weighted by Gasteiger charge is -2.13. The summed E-state index contributed by atoms with van der Waals surface area (Å²) in [6.45, 7) is 3.30. The van der Waals surface area contributed by atoms with Gasteiger partial charge in [-0.3, -0.25) is 4.79 Å². The minimum absolute atomic E-state index is 0.116. The van der Waals surface area contributed by atoms with Crippen molar-refractivity contribution in [3.8, 4) is 40.0 Å². The number of Topliss-reactive ketones (excluding diaryl/α,β-unsaturated/α-hetero) is 1. The van der Waals surface area contributed by atoms with E-state index in [1.165, 1.54) is 18.3 Å². The van der Waals surface area contributed by atoms with E-state index in [2.05, 4.69) is 9.97 Å². The Morgan fingerprint density at radius 2 is 1.69 bits per heavy atom. The fraction of sp³-hybridized carbons (Fsp3) is 0.208. The van der Waals surface area contributed by atoms with Crippen LogP contribution in [0.1, 0.15) is 23.1 Å². The first-order valence-electron chi connectivity index (χ1n) is 9.80. The number of ketones is 1. The molecular weight excluding hydrogens is 428 g/mol. The molecule has 32 heavy (non-hydrogen) atoms. The van der Waals surface area contributed by atoms with Crippen LogP contribution < -0.4 is 18.9 Å². The van der Waals surface area contributed by atoms with Gasteiger partial charge in [0, 0.05) is 17.0 Å². The van der Waals surface area contributed by atoms with Crippen LogP contribution in [0.5, 0.6) is 28.9 Å². The Labute approximate surface area is 189 Å². The van der Waals surface area contributed by atoms with Crippen LogP contribution in [0.25, 0.3) is 21.3 Å². The SMILES string of the molecule is COc1ccc(C(C)=O)c(Oc2nc(C)nc3scc(-c4ccc(OC)c(OC)c4)c23)c1. The van der Waals surface area contributed by atoms with Crippen molar-refractivity contribution >= 4 is 27.3 Å². The van der Waals surface area contributed by atoms with E-state index in [-0.39, 0.29) is 5.78 Å². The highest BCUT2D eigenvalue weighted by Gasteiger charge is 2.20. The fourth-order valence-electron chi connectivity index (χ4n) is 3.41. The van der Waals surface area contributed by atoms with Gasteiger partial charge in [0.2, 0.25) is 5.88 Å². The number of carbonyl (C=O) groups excluding carboxylic acids is 1. The Morgan fingerprint density at radius 3 is 2.38 bits per heavy atom. The zero-order chi connectivity index (χ0) is 22.8. The van der Waals surface area contributed by atoms with Gasteiger partial charge in [-0.1, -0.05) is 6.07 Å². The molecule has 8 heteroatoms. The van der Waals surface area contributed by atoms with Gasteiger partial charge in [-0.15, -0.1) is 11.3 Å². The Hall–Kier alpha value is -3.65. The number of hydrogen-bond donors (Lipinski definition) is 0. The van der Waals surface area contributed by atoms with Gasteiger partial charge in [0.1, 0.15) is 22.2 Å². The molecule has 0 saturated heterocycles. The monoisotopic (exact) mass is 450 g/mol. The average Bonchev–Trinajstić information content (AvgIpc) is 3.22. The maximum absolute atomic E-state index is 12.2. The van der Waals surface area contributed by atoms with Gasteiger partial charge in [-0.2, -0.15) is 4.98 Å². The smallest absolute Gasteiger partial charge is 0.231 e. The molecule has 4 aromatic rings. The number of fused-ring (bicyclic) bond motifs is 1. The first-order valence-corrected chi connectivity index (χ1v) is 10.7. The molecule has 2 heterocycles. The molecule has 0 aliphatic carbocycles. The summed E-state index contributed by atoms with van der Waals surface area (Å²) in [5, 5.41) is 2.76. The highest BCUT2D eigenvalue weighted by Crippen LogP contribution is 2.42. The van der Waals surface area contributed by atoms with Crippen molar-refractivity contribution in [3.05, 3.63) is 53.2 Å². The van der Waals surface area contributed by atoms with Gasteiger partial charge in [0.25, 0.3) is 0 Å². The molecule has 0 aliphatic heterocycles. The molecule has 0 fully saturated rings. The van der Waals surface area contributed by atoms with Crippen LogP contribution in [-0.4, -0.2) is 37.1 Å². The van der Waals surface area contributed by atoms with E-state index in [9.17, 15) is 4.79 Å². The van der Waals surface area contributed by atoms with E-state index in [1.54, 1.807) is 46.5 Å². The first-order chi connectivity index (χ1) is 15.4. The Bertz CT molecular complexity index is 1320. The predicted octanol–water partition coefficient (Wildman–Crippen LogP) is 5.69. The number of thiophene rings is 1. The van der Waals surface area contributed by atoms with E-state index in [1.807, 2.05) is 23.6 Å². The van der Waals surface area contributed by atoms with Crippen molar-refractivity contribution in [2.24, 2.45) is 0 Å². The molecular formula is C24H22N2O5S. The molecule has 2 aromatic carbocycles. The lowest BCUT2D eigenvalue weighted by atomic mass is 10.1. The Morgan fingerprint density at radius 1 is 0.906 bits per heavy atom. The number of aryl methyl sites for hydroxylation is 1. The number of hydrogen-bond acceptors (Lipinski definition) is 8. The Kier molecular flexibility index (Phi) is 5.96. The second-order valence-electron chi connectivity index (χ2n) is 7.00. The topological polar surface area (TPSA) is 79.8 Å². The normalized spacial score (nSPS) is 10.8. The molecule has 0 aliphatic rings. The van der Waals surface area contributed by atoms with Crippen LogP contribution in [0.2, 0.25) is 0 Å². The lowest BCUT2D eigenvalue weighted by Crippen LogP contribution is -2.00. The van der Waals surface area contributed by atoms with Crippen LogP contribution in [0.4, 0.5) is 0 Å². The van der Waals surface area contributed by atoms with Crippen LogP contribution in [-0.2, 0) is 0 Å². The minimum atomic E-state index is -0.116. The van der Waals surface area contributed by atoms with Gasteiger partial charge in [-0.25, -0.2) is 4.98 Å². The summed E-state index contributed by atoms with van der Waals surface area (Å²) in [6, 6.07) is 10.8. The molecule has 0 bridgehead atoms. The van der Waals surface area contributed by atoms with E-state index < -0.39 is 0 Å². The van der Waals surface area contributed by atoms with Crippen molar-refractivity contribution in [1.82, 2.24) is 9.97 Å². The Balaban J connectivity index is 1.89. The molecule has 164 valence electrons. The highest BCUT2D eigenvalue weighted by molar-refractivity contribution is 7.17. The largest absolute Gasteiger partial charge is 0.497 e. The summed E-state index contributed by atoms with van der Waals surface area (Å²) in [5.41, 5.74) is 2.25. The third-order valence-corrected chi connectivity index (χ3v) is 5.85. The first kappa shape index (κ1) is 21.6. The molecule has 4 rings (SSSR count). The number of ether oxygens (including phenoxy) is 4. The number of carbonyl (C=O) groups is 1. The molecule has 0 N–H and O–H groups in total. The molecule has 7 nitrogen and oxygen atoms in total. The maximum atomic E-state index is 12.2. The summed E-state index contributed by atoms with van der Waals surface area (Å²) in [4.78, 5) is 22.1. The van der Waals surface area contributed by atoms with Gasteiger partial charge in [-0.05, 0) is 43.7 Å². The molecule has 0 saturated carbocycles. The van der Waals surface area contributed by atoms with Crippen LogP contribution in [0.15, 0.2) is 41.8 Å². The van der Waals surface area contributed by atoms with E-state index in [0.717, 1.165) is 21.3 Å². The molecule has 0 unspecified atom stereocenters. The van der Waals surface area contributed by atoms with Crippen LogP contribution in [0, 0.1) is 6.92 Å². The van der Waals surface area contributed by atoms with Crippen molar-refractivity contribution in [3.63, 3.8) is 0 Å². The fourth-order valence-corrected chi connectivity index (χ4v) is 4.39. The van der Waals surface area contributed by atoms with Gasteiger partial charge in [0.15, 0.2) is 17.3 Å². The number of rotatable bonds is 7. The van der Waals surface area contributed by atoms with E-state index >= 15 is 0 Å². The lowest BCUT2D eigenvalue weighted by molar-refractivity contribution is 0.101. The number of aromatic nitrogens is 2. The van der Waals surface area contributed by atoms with Crippen molar-refractivity contribution in [2.45, 2.75) is 13.8 Å². The summed E-state index contributed by atoms with van der Waals surface area (Å²) in [6.07, 6.45) is 0. The number of benzene rings is 2. The zero-order valence-electron chi connectivity index (χ0n) is 18.4. The van der Waals surface area contributed by atoms with Crippen LogP contribution >= 0.6 is 11.3 Å². The maximum Gasteiger partial charge on any atom is 0.231 e. The van der Waals surface area contributed by atoms with Crippen molar-refractivity contribution in [1.29, 1.82) is 0 Å². The third-order valence-electron chi connectivity index (χ3n) is 4.98. The number of methoxy groups -OCH3 is 3. The molecule has 0 spiro atoms. The van der Waals surface area contributed by atoms with Crippen molar-refractivity contribution in [2.75, 3.05) is 21.3 Å². The molecule has 0 radical (unpaired) electrons. The molecule has 2 aromatic heterocycles. The summed E-state index contributed by atoms with van der Waals surface area (Å²) in [7, 11) is 4.76. The molecule has 0 atom stereocenters. The van der Waals surface area contributed by atoms with Crippen molar-refractivity contribution < 1.29 is 23.7 Å². The number of nitrogens with zero attached hydrogens (tertiary/aromatic N) is 2. The summed E-state index contributed by atoms with van der Waals surface area (Å²) in [5.74, 6) is 3.04. The van der Waals surface area contributed by atoms with E-state index in [0.29, 0.717) is 40.3 Å². The second-order valence-corrected chi connectivity index (χ2v) is 7.85. The highest BCUT2D eigenvalue weighted by atomic mass is 32.1. The quantitative estimate of drug-likeness (QED) is 0.335. The van der Waals surface area contributed by atoms with Gasteiger partial charge >= 0.3 is 0 Å². The van der Waals surface area contributed by atoms with Crippen LogP contribution in [0.3, 0.4) is 0 Å². The molecule has 0 amide bonds. The predicted molar refractivity (Wildman–Crippen MR) is 124 cm³/mol. The minimum Gasteiger partial charge on any atom is -0.497 e. The average molecular weight is 451 g/mol.